The zero-order chi connectivity index (χ0) is 13.0. The van der Waals surface area contributed by atoms with E-state index in [1.165, 1.54) is 4.68 Å². The van der Waals surface area contributed by atoms with Crippen molar-refractivity contribution in [3.05, 3.63) is 41.7 Å². The number of rotatable bonds is 4. The lowest BCUT2D eigenvalue weighted by atomic mass is 10.2. The van der Waals surface area contributed by atoms with Crippen molar-refractivity contribution in [3.63, 3.8) is 0 Å². The van der Waals surface area contributed by atoms with Gasteiger partial charge >= 0.3 is 0 Å². The lowest BCUT2D eigenvalue weighted by Gasteiger charge is -2.08. The van der Waals surface area contributed by atoms with E-state index >= 15 is 0 Å². The van der Waals surface area contributed by atoms with E-state index < -0.39 is 0 Å². The van der Waals surface area contributed by atoms with Crippen molar-refractivity contribution in [2.24, 2.45) is 7.05 Å². The first-order valence-corrected chi connectivity index (χ1v) is 5.47. The lowest BCUT2D eigenvalue weighted by Crippen LogP contribution is -2.23. The number of hydrogen-bond acceptors (Lipinski definition) is 4. The summed E-state index contributed by atoms with van der Waals surface area (Å²) in [5, 5.41) is 10.2. The maximum atomic E-state index is 11.8. The van der Waals surface area contributed by atoms with Crippen molar-refractivity contribution < 1.29 is 9.53 Å². The molecule has 1 heterocycles. The van der Waals surface area contributed by atoms with Crippen LogP contribution in [0.3, 0.4) is 0 Å². The van der Waals surface area contributed by atoms with Crippen molar-refractivity contribution in [2.75, 3.05) is 7.11 Å². The van der Waals surface area contributed by atoms with E-state index in [-0.39, 0.29) is 5.91 Å². The number of nitrogens with one attached hydrogen (secondary N) is 1. The van der Waals surface area contributed by atoms with Gasteiger partial charge in [-0.05, 0) is 6.07 Å². The Kier molecular flexibility index (Phi) is 3.57. The first-order chi connectivity index (χ1) is 8.70. The molecule has 6 nitrogen and oxygen atoms in total. The van der Waals surface area contributed by atoms with Crippen LogP contribution in [0.2, 0.25) is 0 Å². The maximum Gasteiger partial charge on any atom is 0.273 e. The summed E-state index contributed by atoms with van der Waals surface area (Å²) in [6, 6.07) is 7.53. The topological polar surface area (TPSA) is 69.0 Å². The van der Waals surface area contributed by atoms with E-state index in [4.69, 9.17) is 4.74 Å². The van der Waals surface area contributed by atoms with Crippen molar-refractivity contribution in [3.8, 4) is 5.75 Å². The van der Waals surface area contributed by atoms with Crippen molar-refractivity contribution >= 4 is 5.91 Å². The van der Waals surface area contributed by atoms with Gasteiger partial charge < -0.3 is 10.1 Å². The maximum absolute atomic E-state index is 11.8. The summed E-state index contributed by atoms with van der Waals surface area (Å²) in [5.74, 6) is 0.492. The second kappa shape index (κ2) is 5.31. The van der Waals surface area contributed by atoms with Crippen molar-refractivity contribution in [1.29, 1.82) is 0 Å². The molecule has 1 aromatic carbocycles. The Balaban J connectivity index is 2.01. The molecule has 0 fully saturated rings. The minimum atomic E-state index is -0.256. The lowest BCUT2D eigenvalue weighted by molar-refractivity contribution is 0.0945. The monoisotopic (exact) mass is 246 g/mol. The summed E-state index contributed by atoms with van der Waals surface area (Å²) in [7, 11) is 3.31. The highest BCUT2D eigenvalue weighted by molar-refractivity contribution is 5.91. The molecule has 94 valence electrons. The number of carbonyl (C=O) groups is 1. The third kappa shape index (κ3) is 2.65. The first-order valence-electron chi connectivity index (χ1n) is 5.47. The molecule has 1 N–H and O–H groups in total. The average Bonchev–Trinajstić information content (AvgIpc) is 2.83. The van der Waals surface area contributed by atoms with E-state index in [2.05, 4.69) is 15.6 Å². The summed E-state index contributed by atoms with van der Waals surface area (Å²) in [5.41, 5.74) is 1.21. The normalized spacial score (nSPS) is 10.1. The molecule has 2 rings (SSSR count). The van der Waals surface area contributed by atoms with E-state index in [1.54, 1.807) is 20.4 Å². The smallest absolute Gasteiger partial charge is 0.273 e. The molecule has 0 spiro atoms. The average molecular weight is 246 g/mol. The fraction of sp³-hybridized carbons (Fsp3) is 0.250. The molecule has 1 aromatic heterocycles. The number of benzene rings is 1. The summed E-state index contributed by atoms with van der Waals surface area (Å²) in [6.45, 7) is 0.388. The van der Waals surface area contributed by atoms with Gasteiger partial charge in [0.15, 0.2) is 5.69 Å². The van der Waals surface area contributed by atoms with Gasteiger partial charge in [-0.3, -0.25) is 9.48 Å². The Hall–Kier alpha value is -2.37. The molecule has 1 amide bonds. The molecular weight excluding hydrogens is 232 g/mol. The van der Waals surface area contributed by atoms with Crippen LogP contribution in [-0.2, 0) is 13.6 Å². The van der Waals surface area contributed by atoms with Gasteiger partial charge in [-0.25, -0.2) is 0 Å². The Labute approximate surface area is 105 Å². The molecule has 0 radical (unpaired) electrons. The van der Waals surface area contributed by atoms with Gasteiger partial charge in [-0.1, -0.05) is 23.4 Å². The van der Waals surface area contributed by atoms with Gasteiger partial charge in [0.1, 0.15) is 5.75 Å². The molecule has 0 saturated heterocycles. The molecule has 0 bridgehead atoms. The summed E-state index contributed by atoms with van der Waals surface area (Å²) >= 11 is 0. The number of amides is 1. The third-order valence-corrected chi connectivity index (χ3v) is 2.47. The van der Waals surface area contributed by atoms with E-state index in [0.717, 1.165) is 11.3 Å². The van der Waals surface area contributed by atoms with E-state index in [9.17, 15) is 4.79 Å². The zero-order valence-electron chi connectivity index (χ0n) is 10.3. The van der Waals surface area contributed by atoms with Crippen molar-refractivity contribution in [1.82, 2.24) is 20.3 Å². The number of para-hydroxylation sites is 1. The van der Waals surface area contributed by atoms with Crippen LogP contribution >= 0.6 is 0 Å². The third-order valence-electron chi connectivity index (χ3n) is 2.47. The predicted octanol–water partition coefficient (Wildman–Crippen LogP) is 0.754. The van der Waals surface area contributed by atoms with Crippen LogP contribution in [0.1, 0.15) is 16.1 Å². The molecule has 0 aliphatic rings. The van der Waals surface area contributed by atoms with Crippen molar-refractivity contribution in [2.45, 2.75) is 6.54 Å². The molecule has 2 aromatic rings. The van der Waals surface area contributed by atoms with Gasteiger partial charge in [0.25, 0.3) is 5.91 Å². The number of methoxy groups -OCH3 is 1. The molecule has 0 aliphatic carbocycles. The highest BCUT2D eigenvalue weighted by atomic mass is 16.5. The van der Waals surface area contributed by atoms with Crippen LogP contribution in [-0.4, -0.2) is 28.0 Å². The number of aryl methyl sites for hydroxylation is 1. The Morgan fingerprint density at radius 3 is 2.89 bits per heavy atom. The Morgan fingerprint density at radius 1 is 1.44 bits per heavy atom. The fourth-order valence-corrected chi connectivity index (χ4v) is 1.57. The Bertz CT molecular complexity index is 551. The van der Waals surface area contributed by atoms with Gasteiger partial charge in [0, 0.05) is 19.2 Å². The molecular formula is C12H14N4O2. The molecule has 6 heteroatoms. The first kappa shape index (κ1) is 12.1. The highest BCUT2D eigenvalue weighted by Crippen LogP contribution is 2.16. The SMILES string of the molecule is COc1ccccc1CNC(=O)c1cn(C)nn1. The number of carbonyl (C=O) groups excluding carboxylic acids is 1. The second-order valence-corrected chi connectivity index (χ2v) is 3.77. The molecule has 0 unspecified atom stereocenters. The minimum Gasteiger partial charge on any atom is -0.496 e. The zero-order valence-corrected chi connectivity index (χ0v) is 10.3. The van der Waals surface area contributed by atoms with E-state index in [1.807, 2.05) is 24.3 Å². The van der Waals surface area contributed by atoms with Crippen LogP contribution in [0.5, 0.6) is 5.75 Å². The van der Waals surface area contributed by atoms with Crippen LogP contribution in [0.15, 0.2) is 30.5 Å². The number of nitrogens with zero attached hydrogens (tertiary/aromatic N) is 3. The number of hydrogen-bond donors (Lipinski definition) is 1. The van der Waals surface area contributed by atoms with Gasteiger partial charge in [0.2, 0.25) is 0 Å². The van der Waals surface area contributed by atoms with Crippen LogP contribution < -0.4 is 10.1 Å². The summed E-state index contributed by atoms with van der Waals surface area (Å²) in [6.07, 6.45) is 1.57. The molecule has 18 heavy (non-hydrogen) atoms. The largest absolute Gasteiger partial charge is 0.496 e. The quantitative estimate of drug-likeness (QED) is 0.864. The number of aromatic nitrogens is 3. The van der Waals surface area contributed by atoms with Gasteiger partial charge in [0.05, 0.1) is 13.3 Å². The van der Waals surface area contributed by atoms with E-state index in [0.29, 0.717) is 12.2 Å². The fourth-order valence-electron chi connectivity index (χ4n) is 1.57. The molecule has 0 saturated carbocycles. The predicted molar refractivity (Wildman–Crippen MR) is 65.2 cm³/mol. The Morgan fingerprint density at radius 2 is 2.22 bits per heavy atom. The number of ether oxygens (including phenoxy) is 1. The van der Waals surface area contributed by atoms with Crippen LogP contribution in [0, 0.1) is 0 Å². The van der Waals surface area contributed by atoms with Gasteiger partial charge in [-0.15, -0.1) is 5.10 Å². The summed E-state index contributed by atoms with van der Waals surface area (Å²) in [4.78, 5) is 11.8. The molecule has 0 aliphatic heterocycles. The van der Waals surface area contributed by atoms with Crippen LogP contribution in [0.25, 0.3) is 0 Å². The van der Waals surface area contributed by atoms with Gasteiger partial charge in [-0.2, -0.15) is 0 Å². The standard InChI is InChI=1S/C12H14N4O2/c1-16-8-10(14-15-16)12(17)13-7-9-5-3-4-6-11(9)18-2/h3-6,8H,7H2,1-2H3,(H,13,17). The second-order valence-electron chi connectivity index (χ2n) is 3.77. The summed E-state index contributed by atoms with van der Waals surface area (Å²) < 4.78 is 6.69. The highest BCUT2D eigenvalue weighted by Gasteiger charge is 2.10. The van der Waals surface area contributed by atoms with Crippen LogP contribution in [0.4, 0.5) is 0 Å². The minimum absolute atomic E-state index is 0.256. The molecule has 0 atom stereocenters.